The third-order valence-corrected chi connectivity index (χ3v) is 2.09. The Balaban J connectivity index is 3.06. The average Bonchev–Trinajstić information content (AvgIpc) is 2.17. The number of carboxylic acid groups (broad SMARTS) is 1. The van der Waals surface area contributed by atoms with Gasteiger partial charge >= 0.3 is 5.97 Å². The average molecular weight is 212 g/mol. The molecule has 0 heterocycles. The predicted molar refractivity (Wildman–Crippen MR) is 53.7 cm³/mol. The summed E-state index contributed by atoms with van der Waals surface area (Å²) in [6, 6.07) is 3.99. The zero-order valence-electron chi connectivity index (χ0n) is 8.66. The van der Waals surface area contributed by atoms with E-state index in [1.807, 2.05) is 6.92 Å². The molecule has 4 heteroatoms. The molecular formula is C11H13FO3. The Morgan fingerprint density at radius 2 is 2.27 bits per heavy atom. The summed E-state index contributed by atoms with van der Waals surface area (Å²) in [6.07, 6.45) is 0.597. The summed E-state index contributed by atoms with van der Waals surface area (Å²) in [5, 5.41) is 8.81. The highest BCUT2D eigenvalue weighted by atomic mass is 19.1. The van der Waals surface area contributed by atoms with Gasteiger partial charge < -0.3 is 9.84 Å². The number of benzene rings is 1. The van der Waals surface area contributed by atoms with E-state index in [1.165, 1.54) is 12.1 Å². The molecule has 0 aliphatic rings. The lowest BCUT2D eigenvalue weighted by Crippen LogP contribution is -2.13. The van der Waals surface area contributed by atoms with Gasteiger partial charge in [-0.1, -0.05) is 13.0 Å². The minimum absolute atomic E-state index is 0.0804. The van der Waals surface area contributed by atoms with Crippen LogP contribution in [0.15, 0.2) is 18.2 Å². The summed E-state index contributed by atoms with van der Waals surface area (Å²) in [5.41, 5.74) is -0.405. The van der Waals surface area contributed by atoms with Gasteiger partial charge in [-0.15, -0.1) is 0 Å². The maximum Gasteiger partial charge on any atom is 0.342 e. The molecule has 0 bridgehead atoms. The highest BCUT2D eigenvalue weighted by molar-refractivity contribution is 5.91. The fourth-order valence-corrected chi connectivity index (χ4v) is 1.11. The van der Waals surface area contributed by atoms with Crippen LogP contribution in [0.2, 0.25) is 0 Å². The van der Waals surface area contributed by atoms with Gasteiger partial charge in [0.25, 0.3) is 0 Å². The molecule has 1 aromatic rings. The normalized spacial score (nSPS) is 12.2. The smallest absolute Gasteiger partial charge is 0.342 e. The molecule has 1 aromatic carbocycles. The van der Waals surface area contributed by atoms with Crippen molar-refractivity contribution in [1.82, 2.24) is 0 Å². The van der Waals surface area contributed by atoms with E-state index >= 15 is 0 Å². The Hall–Kier alpha value is -1.58. The number of aromatic carboxylic acids is 1. The molecular weight excluding hydrogens is 199 g/mol. The van der Waals surface area contributed by atoms with E-state index < -0.39 is 17.3 Å². The lowest BCUT2D eigenvalue weighted by atomic mass is 10.2. The molecule has 0 radical (unpaired) electrons. The monoisotopic (exact) mass is 212 g/mol. The molecule has 0 aliphatic carbocycles. The van der Waals surface area contributed by atoms with Crippen molar-refractivity contribution < 1.29 is 19.0 Å². The lowest BCUT2D eigenvalue weighted by Gasteiger charge is -2.14. The minimum atomic E-state index is -1.31. The first-order valence-corrected chi connectivity index (χ1v) is 4.74. The number of halogens is 1. The van der Waals surface area contributed by atoms with Gasteiger partial charge in [0.05, 0.1) is 6.10 Å². The van der Waals surface area contributed by atoms with Crippen molar-refractivity contribution >= 4 is 5.97 Å². The van der Waals surface area contributed by atoms with Crippen LogP contribution in [0.1, 0.15) is 30.6 Å². The fourth-order valence-electron chi connectivity index (χ4n) is 1.11. The van der Waals surface area contributed by atoms with Crippen LogP contribution >= 0.6 is 0 Å². The van der Waals surface area contributed by atoms with Crippen molar-refractivity contribution in [2.75, 3.05) is 0 Å². The number of hydrogen-bond acceptors (Lipinski definition) is 2. The molecule has 15 heavy (non-hydrogen) atoms. The molecule has 1 atom stereocenters. The first-order chi connectivity index (χ1) is 7.06. The molecule has 0 spiro atoms. The SMILES string of the molecule is CCC(C)Oc1cccc(F)c1C(=O)O. The maximum atomic E-state index is 13.2. The second-order valence-electron chi connectivity index (χ2n) is 3.25. The van der Waals surface area contributed by atoms with E-state index in [2.05, 4.69) is 0 Å². The van der Waals surface area contributed by atoms with Crippen molar-refractivity contribution in [3.63, 3.8) is 0 Å². The van der Waals surface area contributed by atoms with Gasteiger partial charge in [-0.25, -0.2) is 9.18 Å². The first-order valence-electron chi connectivity index (χ1n) is 4.74. The Morgan fingerprint density at radius 1 is 1.60 bits per heavy atom. The Kier molecular flexibility index (Phi) is 3.66. The van der Waals surface area contributed by atoms with Crippen molar-refractivity contribution in [3.05, 3.63) is 29.6 Å². The highest BCUT2D eigenvalue weighted by Crippen LogP contribution is 2.22. The zero-order chi connectivity index (χ0) is 11.4. The topological polar surface area (TPSA) is 46.5 Å². The largest absolute Gasteiger partial charge is 0.490 e. The standard InChI is InChI=1S/C11H13FO3/c1-3-7(2)15-9-6-4-5-8(12)10(9)11(13)14/h4-7H,3H2,1-2H3,(H,13,14). The van der Waals surface area contributed by atoms with Gasteiger partial charge in [-0.3, -0.25) is 0 Å². The molecule has 0 aromatic heterocycles. The summed E-state index contributed by atoms with van der Waals surface area (Å²) < 4.78 is 18.5. The third-order valence-electron chi connectivity index (χ3n) is 2.09. The van der Waals surface area contributed by atoms with Crippen LogP contribution in [-0.4, -0.2) is 17.2 Å². The van der Waals surface area contributed by atoms with Crippen molar-refractivity contribution in [1.29, 1.82) is 0 Å². The fraction of sp³-hybridized carbons (Fsp3) is 0.364. The van der Waals surface area contributed by atoms with E-state index in [4.69, 9.17) is 9.84 Å². The molecule has 1 unspecified atom stereocenters. The second-order valence-corrected chi connectivity index (χ2v) is 3.25. The Bertz CT molecular complexity index is 363. The van der Waals surface area contributed by atoms with Gasteiger partial charge in [-0.05, 0) is 25.5 Å². The van der Waals surface area contributed by atoms with Gasteiger partial charge in [0, 0.05) is 0 Å². The number of rotatable bonds is 4. The highest BCUT2D eigenvalue weighted by Gasteiger charge is 2.17. The van der Waals surface area contributed by atoms with E-state index in [9.17, 15) is 9.18 Å². The molecule has 82 valence electrons. The number of carbonyl (C=O) groups is 1. The molecule has 0 saturated heterocycles. The van der Waals surface area contributed by atoms with Crippen molar-refractivity contribution in [2.45, 2.75) is 26.4 Å². The Labute approximate surface area is 87.5 Å². The zero-order valence-corrected chi connectivity index (χ0v) is 8.66. The predicted octanol–water partition coefficient (Wildman–Crippen LogP) is 2.70. The minimum Gasteiger partial charge on any atom is -0.490 e. The first kappa shape index (κ1) is 11.5. The molecule has 3 nitrogen and oxygen atoms in total. The number of ether oxygens (including phenoxy) is 1. The van der Waals surface area contributed by atoms with E-state index in [0.29, 0.717) is 0 Å². The van der Waals surface area contributed by atoms with E-state index in [0.717, 1.165) is 12.5 Å². The summed E-state index contributed by atoms with van der Waals surface area (Å²) >= 11 is 0. The number of carboxylic acids is 1. The molecule has 0 fully saturated rings. The van der Waals surface area contributed by atoms with Crippen LogP contribution < -0.4 is 4.74 Å². The lowest BCUT2D eigenvalue weighted by molar-refractivity contribution is 0.0684. The summed E-state index contributed by atoms with van der Waals surface area (Å²) in [5.74, 6) is -2.01. The van der Waals surface area contributed by atoms with Gasteiger partial charge in [0.1, 0.15) is 17.1 Å². The van der Waals surface area contributed by atoms with Gasteiger partial charge in [0.15, 0.2) is 0 Å². The van der Waals surface area contributed by atoms with Crippen LogP contribution in [0, 0.1) is 5.82 Å². The maximum absolute atomic E-state index is 13.2. The van der Waals surface area contributed by atoms with Crippen molar-refractivity contribution in [3.8, 4) is 5.75 Å². The molecule has 0 aliphatic heterocycles. The third kappa shape index (κ3) is 2.68. The van der Waals surface area contributed by atoms with Crippen molar-refractivity contribution in [2.24, 2.45) is 0 Å². The van der Waals surface area contributed by atoms with Gasteiger partial charge in [-0.2, -0.15) is 0 Å². The molecule has 0 amide bonds. The van der Waals surface area contributed by atoms with Crippen LogP contribution in [0.25, 0.3) is 0 Å². The van der Waals surface area contributed by atoms with Gasteiger partial charge in [0.2, 0.25) is 0 Å². The molecule has 0 saturated carbocycles. The van der Waals surface area contributed by atoms with E-state index in [-0.39, 0.29) is 11.9 Å². The second kappa shape index (κ2) is 4.77. The summed E-state index contributed by atoms with van der Waals surface area (Å²) in [6.45, 7) is 3.71. The quantitative estimate of drug-likeness (QED) is 0.834. The van der Waals surface area contributed by atoms with Crippen LogP contribution in [-0.2, 0) is 0 Å². The summed E-state index contributed by atoms with van der Waals surface area (Å²) in [7, 11) is 0. The van der Waals surface area contributed by atoms with Crippen LogP contribution in [0.4, 0.5) is 4.39 Å². The molecule has 1 N–H and O–H groups in total. The Morgan fingerprint density at radius 3 is 2.80 bits per heavy atom. The summed E-state index contributed by atoms with van der Waals surface area (Å²) in [4.78, 5) is 10.8. The van der Waals surface area contributed by atoms with Crippen LogP contribution in [0.5, 0.6) is 5.75 Å². The molecule has 1 rings (SSSR count). The van der Waals surface area contributed by atoms with Crippen LogP contribution in [0.3, 0.4) is 0 Å². The number of hydrogen-bond donors (Lipinski definition) is 1. The van der Waals surface area contributed by atoms with E-state index in [1.54, 1.807) is 6.92 Å².